The molecule has 3 saturated carbocycles. The second-order valence-electron chi connectivity index (χ2n) is 9.68. The summed E-state index contributed by atoms with van der Waals surface area (Å²) in [5.41, 5.74) is -2.66. The smallest absolute Gasteiger partial charge is 0.190 e. The van der Waals surface area contributed by atoms with Gasteiger partial charge in [-0.25, -0.2) is 4.99 Å². The molecular formula is C23H29NO5. The molecule has 0 aromatic heterocycles. The van der Waals surface area contributed by atoms with Gasteiger partial charge in [-0.15, -0.1) is 0 Å². The van der Waals surface area contributed by atoms with Gasteiger partial charge in [0.05, 0.1) is 8.85 Å². The van der Waals surface area contributed by atoms with Gasteiger partial charge in [0.15, 0.2) is 23.0 Å². The summed E-state index contributed by atoms with van der Waals surface area (Å²) in [6.07, 6.45) is 4.67. The van der Waals surface area contributed by atoms with Crippen molar-refractivity contribution >= 4 is 17.5 Å². The normalized spacial score (nSPS) is 53.4. The maximum absolute atomic E-state index is 13.5. The van der Waals surface area contributed by atoms with Crippen LogP contribution in [0.4, 0.5) is 0 Å². The van der Waals surface area contributed by atoms with Crippen LogP contribution in [0.5, 0.6) is 0 Å². The van der Waals surface area contributed by atoms with Crippen LogP contribution in [-0.2, 0) is 14.3 Å². The Hall–Kier alpha value is -1.79. The molecule has 5 rings (SSSR count). The molecule has 1 aliphatic heterocycles. The van der Waals surface area contributed by atoms with Crippen LogP contribution in [0.3, 0.4) is 0 Å². The minimum absolute atomic E-state index is 0.0585. The van der Waals surface area contributed by atoms with E-state index < -0.39 is 53.7 Å². The lowest BCUT2D eigenvalue weighted by molar-refractivity contribution is -0.146. The lowest BCUT2D eigenvalue weighted by Crippen LogP contribution is -2.62. The van der Waals surface area contributed by atoms with E-state index in [4.69, 9.17) is 11.6 Å². The average molecular weight is 405 g/mol. The van der Waals surface area contributed by atoms with Crippen LogP contribution in [0.2, 0.25) is 0 Å². The molecule has 4 aliphatic carbocycles. The molecule has 0 aromatic carbocycles. The molecule has 3 fully saturated rings. The van der Waals surface area contributed by atoms with Gasteiger partial charge in [-0.3, -0.25) is 9.59 Å². The molecule has 0 unspecified atom stereocenters. The molecule has 29 heavy (non-hydrogen) atoms. The van der Waals surface area contributed by atoms with Gasteiger partial charge in [0, 0.05) is 27.7 Å². The number of hydrogen-bond acceptors (Lipinski definition) is 6. The molecule has 5 aliphatic rings. The molecule has 6 heteroatoms. The Bertz CT molecular complexity index is 1060. The van der Waals surface area contributed by atoms with Crippen molar-refractivity contribution in [3.63, 3.8) is 0 Å². The van der Waals surface area contributed by atoms with Gasteiger partial charge in [0.1, 0.15) is 12.7 Å². The van der Waals surface area contributed by atoms with Crippen molar-refractivity contribution < 1.29 is 31.4 Å². The van der Waals surface area contributed by atoms with Crippen molar-refractivity contribution in [1.29, 1.82) is 0 Å². The second kappa shape index (κ2) is 5.88. The second-order valence-corrected chi connectivity index (χ2v) is 9.68. The van der Waals surface area contributed by atoms with E-state index in [1.165, 1.54) is 6.08 Å². The number of rotatable bonds is 2. The van der Waals surface area contributed by atoms with E-state index in [-0.39, 0.29) is 36.4 Å². The van der Waals surface area contributed by atoms with Crippen LogP contribution in [-0.4, -0.2) is 52.0 Å². The summed E-state index contributed by atoms with van der Waals surface area (Å²) in [5.74, 6) is -2.48. The maximum atomic E-state index is 13.5. The summed E-state index contributed by atoms with van der Waals surface area (Å²) in [4.78, 5) is 29.7. The topological polar surface area (TPSA) is 96.2 Å². The Kier molecular flexibility index (Phi) is 2.89. The molecule has 2 N–H and O–H groups in total. The van der Waals surface area contributed by atoms with Gasteiger partial charge >= 0.3 is 0 Å². The van der Waals surface area contributed by atoms with Crippen LogP contribution >= 0.6 is 0 Å². The monoisotopic (exact) mass is 404 g/mol. The van der Waals surface area contributed by atoms with E-state index >= 15 is 0 Å². The summed E-state index contributed by atoms with van der Waals surface area (Å²) in [5, 5.41) is 21.6. The van der Waals surface area contributed by atoms with Crippen LogP contribution in [0.1, 0.15) is 53.2 Å². The number of nitrogens with zero attached hydrogens (tertiary/aromatic N) is 1. The fourth-order valence-electron chi connectivity index (χ4n) is 7.51. The number of carbonyl (C=O) groups is 2. The van der Waals surface area contributed by atoms with Gasteiger partial charge in [-0.2, -0.15) is 0 Å². The molecule has 0 spiro atoms. The molecule has 8 atom stereocenters. The van der Waals surface area contributed by atoms with Crippen LogP contribution in [0.15, 0.2) is 28.8 Å². The summed E-state index contributed by atoms with van der Waals surface area (Å²) in [6.45, 7) is -2.24. The molecular weight excluding hydrogens is 370 g/mol. The van der Waals surface area contributed by atoms with Crippen molar-refractivity contribution in [2.75, 3.05) is 6.56 Å². The van der Waals surface area contributed by atoms with Gasteiger partial charge in [-0.05, 0) is 49.7 Å². The van der Waals surface area contributed by atoms with Gasteiger partial charge in [0.2, 0.25) is 0 Å². The lowest BCUT2D eigenvalue weighted by atomic mass is 9.46. The molecule has 156 valence electrons. The number of carbonyl (C=O) groups excluding carboxylic acids is 2. The number of hydrogen-bond donors (Lipinski definition) is 2. The largest absolute Gasteiger partial charge is 0.475 e. The standard InChI is InChI=1S/C23H29NO5/c1-12-24-23(18(28)11-25)19(29-12)9-16-15-5-4-13-8-14(26)6-7-21(13,2)20(15)17(27)10-22(16,23)3/h6-8,15-17,19-20,25,27H,4-5,9-11H2,1-3H3/t15-,16-,17-,19+,20+,21-,22-,23+/m0/s1/i1D3,11D2. The van der Waals surface area contributed by atoms with Crippen molar-refractivity contribution in [2.45, 2.75) is 64.1 Å². The fraction of sp³-hybridized carbons (Fsp3) is 0.696. The number of allylic oxidation sites excluding steroid dienone is 4. The number of ketones is 2. The van der Waals surface area contributed by atoms with E-state index in [0.717, 1.165) is 5.57 Å². The molecule has 0 radical (unpaired) electrons. The summed E-state index contributed by atoms with van der Waals surface area (Å²) < 4.78 is 44.5. The number of aliphatic hydroxyl groups is 2. The molecule has 1 heterocycles. The zero-order valence-corrected chi connectivity index (χ0v) is 16.5. The van der Waals surface area contributed by atoms with Gasteiger partial charge in [-0.1, -0.05) is 25.5 Å². The predicted octanol–water partition coefficient (Wildman–Crippen LogP) is 1.99. The molecule has 0 aromatic rings. The summed E-state index contributed by atoms with van der Waals surface area (Å²) >= 11 is 0. The van der Waals surface area contributed by atoms with E-state index in [1.54, 1.807) is 13.0 Å². The van der Waals surface area contributed by atoms with Gasteiger partial charge in [0.25, 0.3) is 0 Å². The summed E-state index contributed by atoms with van der Waals surface area (Å²) in [7, 11) is 0. The number of fused-ring (bicyclic) bond motifs is 7. The Morgan fingerprint density at radius 1 is 1.48 bits per heavy atom. The quantitative estimate of drug-likeness (QED) is 0.734. The van der Waals surface area contributed by atoms with Crippen molar-refractivity contribution in [3.8, 4) is 0 Å². The number of Topliss-reactive ketones (excluding diaryl/α,β-unsaturated/α-hetero) is 1. The number of aliphatic imine (C=N–C) groups is 1. The molecule has 6 nitrogen and oxygen atoms in total. The van der Waals surface area contributed by atoms with Crippen LogP contribution in [0.25, 0.3) is 0 Å². The van der Waals surface area contributed by atoms with Crippen LogP contribution in [0, 0.1) is 28.6 Å². The van der Waals surface area contributed by atoms with E-state index in [2.05, 4.69) is 4.99 Å². The Morgan fingerprint density at radius 2 is 2.28 bits per heavy atom. The predicted molar refractivity (Wildman–Crippen MR) is 106 cm³/mol. The highest BCUT2D eigenvalue weighted by atomic mass is 16.5. The zero-order valence-electron chi connectivity index (χ0n) is 21.5. The zero-order chi connectivity index (χ0) is 25.1. The highest BCUT2D eigenvalue weighted by Crippen LogP contribution is 2.69. The SMILES string of the molecule is [2H]C([2H])([2H])C1=N[C@]2(C(=O)C([2H])([2H])O)[C@@H](C[C@H]3[C@@H]4CCC5=CC(=O)C=C[C@]5(C)[C@H]4[C@@H](O)C[C@@]32C)O1. The highest BCUT2D eigenvalue weighted by molar-refractivity contribution is 6.01. The third-order valence-corrected chi connectivity index (χ3v) is 8.67. The first-order chi connectivity index (χ1) is 15.6. The highest BCUT2D eigenvalue weighted by Gasteiger charge is 2.74. The first kappa shape index (κ1) is 14.3. The maximum Gasteiger partial charge on any atom is 0.190 e. The number of aliphatic hydroxyl groups excluding tert-OH is 1. The van der Waals surface area contributed by atoms with Crippen molar-refractivity contribution in [3.05, 3.63) is 23.8 Å². The van der Waals surface area contributed by atoms with E-state index in [9.17, 15) is 19.8 Å². The molecule has 0 saturated heterocycles. The Morgan fingerprint density at radius 3 is 3.00 bits per heavy atom. The van der Waals surface area contributed by atoms with Crippen molar-refractivity contribution in [1.82, 2.24) is 0 Å². The molecule has 0 amide bonds. The Balaban J connectivity index is 1.64. The van der Waals surface area contributed by atoms with E-state index in [1.807, 2.05) is 13.0 Å². The van der Waals surface area contributed by atoms with Gasteiger partial charge < -0.3 is 14.9 Å². The minimum Gasteiger partial charge on any atom is -0.475 e. The first-order valence-corrected chi connectivity index (χ1v) is 10.2. The fourth-order valence-corrected chi connectivity index (χ4v) is 7.51. The third kappa shape index (κ3) is 2.17. The third-order valence-electron chi connectivity index (χ3n) is 8.67. The first-order valence-electron chi connectivity index (χ1n) is 12.7. The Labute approximate surface area is 177 Å². The van der Waals surface area contributed by atoms with Crippen LogP contribution < -0.4 is 0 Å². The minimum atomic E-state index is -3.25. The average Bonchev–Trinajstić information content (AvgIpc) is 3.20. The number of ether oxygens (including phenoxy) is 1. The van der Waals surface area contributed by atoms with Crippen molar-refractivity contribution in [2.24, 2.45) is 33.6 Å². The molecule has 0 bridgehead atoms. The summed E-state index contributed by atoms with van der Waals surface area (Å²) in [6, 6.07) is 0. The van der Waals surface area contributed by atoms with E-state index in [0.29, 0.717) is 12.8 Å². The lowest BCUT2D eigenvalue weighted by Gasteiger charge is -2.59.